The van der Waals surface area contributed by atoms with Gasteiger partial charge in [0.05, 0.1) is 0 Å². The molecule has 1 unspecified atom stereocenters. The maximum Gasteiger partial charge on any atom is 0.280 e. The normalized spacial score (nSPS) is 12.3. The van der Waals surface area contributed by atoms with Crippen molar-refractivity contribution in [2.45, 2.75) is 52.6 Å². The van der Waals surface area contributed by atoms with Crippen molar-refractivity contribution < 1.29 is 9.59 Å². The number of nitrogens with one attached hydrogen (secondary N) is 1. The molecule has 8 heteroatoms. The number of carbonyl (C=O) groups is 2. The average Bonchev–Trinajstić information content (AvgIpc) is 3.27. The molecular formula is C23H27N5O2S. The van der Waals surface area contributed by atoms with Gasteiger partial charge in [0.15, 0.2) is 5.69 Å². The Hall–Kier alpha value is -3.13. The van der Waals surface area contributed by atoms with Crippen LogP contribution in [0.4, 0.5) is 5.69 Å². The number of aromatic nitrogens is 3. The number of amides is 2. The molecule has 0 saturated heterocycles. The van der Waals surface area contributed by atoms with Gasteiger partial charge in [0, 0.05) is 34.6 Å². The van der Waals surface area contributed by atoms with Crippen LogP contribution in [0.1, 0.15) is 60.4 Å². The Labute approximate surface area is 186 Å². The molecular weight excluding hydrogens is 410 g/mol. The van der Waals surface area contributed by atoms with Gasteiger partial charge in [-0.25, -0.2) is 0 Å². The molecule has 0 radical (unpaired) electrons. The molecule has 0 fully saturated rings. The molecule has 2 aromatic heterocycles. The number of anilines is 1. The van der Waals surface area contributed by atoms with Gasteiger partial charge in [-0.1, -0.05) is 35.2 Å². The van der Waals surface area contributed by atoms with E-state index in [0.717, 1.165) is 29.1 Å². The highest BCUT2D eigenvalue weighted by Gasteiger charge is 2.37. The third kappa shape index (κ3) is 5.14. The maximum atomic E-state index is 13.6. The summed E-state index contributed by atoms with van der Waals surface area (Å²) in [5, 5.41) is 8.65. The Morgan fingerprint density at radius 3 is 2.58 bits per heavy atom. The van der Waals surface area contributed by atoms with E-state index in [1.165, 1.54) is 4.90 Å². The molecule has 0 spiro atoms. The Bertz CT molecular complexity index is 1050. The van der Waals surface area contributed by atoms with Gasteiger partial charge < -0.3 is 5.32 Å². The summed E-state index contributed by atoms with van der Waals surface area (Å²) in [6, 6.07) is 8.42. The van der Waals surface area contributed by atoms with Crippen molar-refractivity contribution in [2.24, 2.45) is 0 Å². The zero-order chi connectivity index (χ0) is 22.6. The van der Waals surface area contributed by atoms with Crippen molar-refractivity contribution in [3.05, 3.63) is 70.5 Å². The summed E-state index contributed by atoms with van der Waals surface area (Å²) in [6.07, 6.45) is 4.00. The predicted octanol–water partition coefficient (Wildman–Crippen LogP) is 4.24. The van der Waals surface area contributed by atoms with Crippen LogP contribution < -0.4 is 10.2 Å². The van der Waals surface area contributed by atoms with E-state index in [1.807, 2.05) is 52.8 Å². The standard InChI is InChI=1S/C23H27N5O2S/c1-6-23(4,5)25-21(29)20(17-8-7-11-24-13-17)28(22(30)18-14-31-27-26-18)19-10-9-15(2)12-16(19)3/h7-14,20H,6H2,1-5H3,(H,25,29). The molecule has 7 nitrogen and oxygen atoms in total. The minimum Gasteiger partial charge on any atom is -0.349 e. The van der Waals surface area contributed by atoms with E-state index in [4.69, 9.17) is 0 Å². The van der Waals surface area contributed by atoms with Crippen molar-refractivity contribution in [3.63, 3.8) is 0 Å². The summed E-state index contributed by atoms with van der Waals surface area (Å²) < 4.78 is 3.84. The minimum absolute atomic E-state index is 0.196. The van der Waals surface area contributed by atoms with Gasteiger partial charge in [0.1, 0.15) is 6.04 Å². The number of benzene rings is 1. The molecule has 1 atom stereocenters. The first kappa shape index (κ1) is 22.6. The first-order valence-corrected chi connectivity index (χ1v) is 11.0. The third-order valence-electron chi connectivity index (χ3n) is 5.26. The zero-order valence-corrected chi connectivity index (χ0v) is 19.2. The third-order valence-corrected chi connectivity index (χ3v) is 5.77. The van der Waals surface area contributed by atoms with Crippen LogP contribution in [0.25, 0.3) is 0 Å². The number of hydrogen-bond donors (Lipinski definition) is 1. The van der Waals surface area contributed by atoms with E-state index >= 15 is 0 Å². The van der Waals surface area contributed by atoms with Crippen molar-refractivity contribution in [1.82, 2.24) is 19.9 Å². The first-order valence-electron chi connectivity index (χ1n) is 10.1. The van der Waals surface area contributed by atoms with Crippen LogP contribution in [-0.2, 0) is 4.79 Å². The van der Waals surface area contributed by atoms with E-state index < -0.39 is 11.6 Å². The summed E-state index contributed by atoms with van der Waals surface area (Å²) in [6.45, 7) is 9.84. The Morgan fingerprint density at radius 1 is 1.23 bits per heavy atom. The van der Waals surface area contributed by atoms with Crippen LogP contribution in [0.2, 0.25) is 0 Å². The van der Waals surface area contributed by atoms with Gasteiger partial charge >= 0.3 is 0 Å². The molecule has 0 aliphatic carbocycles. The summed E-state index contributed by atoms with van der Waals surface area (Å²) in [4.78, 5) is 32.9. The van der Waals surface area contributed by atoms with Crippen LogP contribution >= 0.6 is 11.5 Å². The van der Waals surface area contributed by atoms with E-state index in [1.54, 1.807) is 29.9 Å². The predicted molar refractivity (Wildman–Crippen MR) is 122 cm³/mol. The van der Waals surface area contributed by atoms with Crippen molar-refractivity contribution in [1.29, 1.82) is 0 Å². The largest absolute Gasteiger partial charge is 0.349 e. The fraction of sp³-hybridized carbons (Fsp3) is 0.348. The topological polar surface area (TPSA) is 88.1 Å². The lowest BCUT2D eigenvalue weighted by atomic mass is 9.98. The van der Waals surface area contributed by atoms with Crippen molar-refractivity contribution >= 4 is 29.0 Å². The van der Waals surface area contributed by atoms with Crippen LogP contribution in [0.15, 0.2) is 48.1 Å². The van der Waals surface area contributed by atoms with Crippen LogP contribution in [-0.4, -0.2) is 31.9 Å². The number of aryl methyl sites for hydroxylation is 2. The van der Waals surface area contributed by atoms with Gasteiger partial charge in [-0.3, -0.25) is 19.5 Å². The molecule has 0 aliphatic rings. The zero-order valence-electron chi connectivity index (χ0n) is 18.4. The summed E-state index contributed by atoms with van der Waals surface area (Å²) in [5.41, 5.74) is 2.97. The quantitative estimate of drug-likeness (QED) is 0.597. The van der Waals surface area contributed by atoms with Crippen LogP contribution in [0.5, 0.6) is 0 Å². The first-order chi connectivity index (χ1) is 14.7. The second-order valence-corrected chi connectivity index (χ2v) is 8.78. The van der Waals surface area contributed by atoms with Crippen LogP contribution in [0, 0.1) is 13.8 Å². The molecule has 1 aromatic carbocycles. The van der Waals surface area contributed by atoms with Crippen molar-refractivity contribution in [2.75, 3.05) is 4.90 Å². The van der Waals surface area contributed by atoms with E-state index in [9.17, 15) is 9.59 Å². The van der Waals surface area contributed by atoms with E-state index in [0.29, 0.717) is 11.3 Å². The molecule has 0 saturated carbocycles. The van der Waals surface area contributed by atoms with Gasteiger partial charge in [-0.05, 0) is 63.3 Å². The number of hydrogen-bond acceptors (Lipinski definition) is 6. The molecule has 162 valence electrons. The minimum atomic E-state index is -0.921. The Balaban J connectivity index is 2.19. The molecule has 2 heterocycles. The smallest absolute Gasteiger partial charge is 0.280 e. The fourth-order valence-electron chi connectivity index (χ4n) is 3.27. The lowest BCUT2D eigenvalue weighted by Gasteiger charge is -2.34. The lowest BCUT2D eigenvalue weighted by molar-refractivity contribution is -0.124. The Kier molecular flexibility index (Phi) is 6.80. The lowest BCUT2D eigenvalue weighted by Crippen LogP contribution is -2.50. The van der Waals surface area contributed by atoms with E-state index in [2.05, 4.69) is 19.9 Å². The van der Waals surface area contributed by atoms with Crippen LogP contribution in [0.3, 0.4) is 0 Å². The molecule has 2 amide bonds. The van der Waals surface area contributed by atoms with Gasteiger partial charge in [-0.15, -0.1) is 5.10 Å². The highest BCUT2D eigenvalue weighted by atomic mass is 32.1. The number of rotatable bonds is 7. The second kappa shape index (κ2) is 9.34. The fourth-order valence-corrected chi connectivity index (χ4v) is 3.70. The maximum absolute atomic E-state index is 13.6. The van der Waals surface area contributed by atoms with Gasteiger partial charge in [0.25, 0.3) is 5.91 Å². The highest BCUT2D eigenvalue weighted by Crippen LogP contribution is 2.32. The molecule has 31 heavy (non-hydrogen) atoms. The van der Waals surface area contributed by atoms with E-state index in [-0.39, 0.29) is 17.5 Å². The summed E-state index contributed by atoms with van der Waals surface area (Å²) in [5.74, 6) is -0.671. The summed E-state index contributed by atoms with van der Waals surface area (Å²) in [7, 11) is 0. The molecule has 3 rings (SSSR count). The highest BCUT2D eigenvalue weighted by molar-refractivity contribution is 7.03. The van der Waals surface area contributed by atoms with Gasteiger partial charge in [0.2, 0.25) is 5.91 Å². The van der Waals surface area contributed by atoms with Gasteiger partial charge in [-0.2, -0.15) is 0 Å². The molecule has 0 aliphatic heterocycles. The Morgan fingerprint density at radius 2 is 2.00 bits per heavy atom. The second-order valence-electron chi connectivity index (χ2n) is 8.17. The molecule has 0 bridgehead atoms. The average molecular weight is 438 g/mol. The number of nitrogens with zero attached hydrogens (tertiary/aromatic N) is 4. The monoisotopic (exact) mass is 437 g/mol. The SMILES string of the molecule is CCC(C)(C)NC(=O)C(c1cccnc1)N(C(=O)c1csnn1)c1ccc(C)cc1C. The molecule has 1 N–H and O–H groups in total. The number of carbonyl (C=O) groups excluding carboxylic acids is 2. The molecule has 3 aromatic rings. The van der Waals surface area contributed by atoms with Crippen molar-refractivity contribution in [3.8, 4) is 0 Å². The summed E-state index contributed by atoms with van der Waals surface area (Å²) >= 11 is 1.10. The number of pyridine rings is 1.